The first-order valence-electron chi connectivity index (χ1n) is 4.31. The summed E-state index contributed by atoms with van der Waals surface area (Å²) in [5.41, 5.74) is 0. The fraction of sp³-hybridized carbons (Fsp3) is 0.750. The van der Waals surface area contributed by atoms with Gasteiger partial charge >= 0.3 is 12.4 Å². The van der Waals surface area contributed by atoms with Crippen LogP contribution in [0.5, 0.6) is 0 Å². The van der Waals surface area contributed by atoms with Gasteiger partial charge in [-0.3, -0.25) is 4.79 Å². The van der Waals surface area contributed by atoms with E-state index in [0.29, 0.717) is 26.2 Å². The van der Waals surface area contributed by atoms with Crippen LogP contribution < -0.4 is 5.32 Å². The number of nitrogens with zero attached hydrogens (tertiary/aromatic N) is 1. The molecule has 1 aliphatic rings. The van der Waals surface area contributed by atoms with Crippen molar-refractivity contribution >= 4 is 12.4 Å². The Kier molecular flexibility index (Phi) is 3.70. The molecule has 13 heavy (non-hydrogen) atoms. The van der Waals surface area contributed by atoms with E-state index in [0.717, 1.165) is 0 Å². The smallest absolute Gasteiger partial charge is 0.330 e. The van der Waals surface area contributed by atoms with Crippen molar-refractivity contribution in [3.8, 4) is 0 Å². The van der Waals surface area contributed by atoms with Gasteiger partial charge < -0.3 is 15.0 Å². The number of nitrogens with one attached hydrogen (secondary N) is 1. The third kappa shape index (κ3) is 2.42. The number of amides is 1. The van der Waals surface area contributed by atoms with Crippen molar-refractivity contribution in [1.29, 1.82) is 0 Å². The molecule has 5 heteroatoms. The van der Waals surface area contributed by atoms with Crippen molar-refractivity contribution in [3.05, 3.63) is 0 Å². The molecule has 1 saturated heterocycles. The number of hydrogen-bond acceptors (Lipinski definition) is 4. The molecule has 1 amide bonds. The van der Waals surface area contributed by atoms with Crippen LogP contribution >= 0.6 is 0 Å². The SMILES string of the molecule is CCOC(=O)[C@@H]1CNCCN1[C]=O. The molecule has 0 saturated carbocycles. The van der Waals surface area contributed by atoms with Crippen molar-refractivity contribution in [2.45, 2.75) is 13.0 Å². The van der Waals surface area contributed by atoms with Crippen molar-refractivity contribution in [3.63, 3.8) is 0 Å². The molecule has 73 valence electrons. The number of carbonyl (C=O) groups excluding carboxylic acids is 2. The summed E-state index contributed by atoms with van der Waals surface area (Å²) in [5.74, 6) is -0.363. The molecule has 1 fully saturated rings. The molecule has 1 radical (unpaired) electrons. The van der Waals surface area contributed by atoms with E-state index in [4.69, 9.17) is 4.74 Å². The molecule has 1 atom stereocenters. The summed E-state index contributed by atoms with van der Waals surface area (Å²) in [4.78, 5) is 23.1. The van der Waals surface area contributed by atoms with Gasteiger partial charge in [-0.25, -0.2) is 4.79 Å². The van der Waals surface area contributed by atoms with Gasteiger partial charge in [0.15, 0.2) is 0 Å². The molecular weight excluding hydrogens is 172 g/mol. The summed E-state index contributed by atoms with van der Waals surface area (Å²) in [6.45, 7) is 3.73. The molecule has 5 nitrogen and oxygen atoms in total. The molecule has 1 heterocycles. The van der Waals surface area contributed by atoms with Crippen LogP contribution in [0.2, 0.25) is 0 Å². The average molecular weight is 185 g/mol. The van der Waals surface area contributed by atoms with Crippen LogP contribution in [0, 0.1) is 0 Å². The molecule has 0 unspecified atom stereocenters. The number of carbonyl (C=O) groups is 1. The van der Waals surface area contributed by atoms with E-state index < -0.39 is 6.04 Å². The maximum absolute atomic E-state index is 11.3. The fourth-order valence-electron chi connectivity index (χ4n) is 1.26. The number of rotatable bonds is 3. The average Bonchev–Trinajstić information content (AvgIpc) is 2.18. The standard InChI is InChI=1S/C8H13N2O3/c1-2-13-8(12)7-5-9-3-4-10(7)6-11/h7,9H,2-5H2,1H3/t7-/m0/s1. The van der Waals surface area contributed by atoms with E-state index >= 15 is 0 Å². The first-order chi connectivity index (χ1) is 6.29. The topological polar surface area (TPSA) is 58.6 Å². The van der Waals surface area contributed by atoms with Gasteiger partial charge in [-0.2, -0.15) is 0 Å². The fourth-order valence-corrected chi connectivity index (χ4v) is 1.26. The van der Waals surface area contributed by atoms with Gasteiger partial charge in [-0.05, 0) is 6.92 Å². The third-order valence-corrected chi connectivity index (χ3v) is 1.92. The lowest BCUT2D eigenvalue weighted by atomic mass is 10.2. The lowest BCUT2D eigenvalue weighted by Gasteiger charge is -2.30. The lowest BCUT2D eigenvalue weighted by Crippen LogP contribution is -2.54. The Morgan fingerprint density at radius 2 is 2.54 bits per heavy atom. The number of piperazine rings is 1. The second-order valence-electron chi connectivity index (χ2n) is 2.76. The van der Waals surface area contributed by atoms with E-state index in [-0.39, 0.29) is 5.97 Å². The molecule has 1 rings (SSSR count). The highest BCUT2D eigenvalue weighted by molar-refractivity contribution is 5.78. The van der Waals surface area contributed by atoms with Crippen LogP contribution in [0.3, 0.4) is 0 Å². The van der Waals surface area contributed by atoms with Crippen LogP contribution in [-0.2, 0) is 14.3 Å². The molecular formula is C8H13N2O3. The minimum absolute atomic E-state index is 0.335. The first kappa shape index (κ1) is 9.98. The maximum Gasteiger partial charge on any atom is 0.330 e. The van der Waals surface area contributed by atoms with Crippen LogP contribution in [0.1, 0.15) is 6.92 Å². The number of esters is 1. The summed E-state index contributed by atoms with van der Waals surface area (Å²) < 4.78 is 4.81. The highest BCUT2D eigenvalue weighted by Crippen LogP contribution is 2.02. The van der Waals surface area contributed by atoms with E-state index in [9.17, 15) is 9.59 Å². The van der Waals surface area contributed by atoms with Gasteiger partial charge in [0, 0.05) is 19.6 Å². The molecule has 0 aromatic heterocycles. The summed E-state index contributed by atoms with van der Waals surface area (Å²) >= 11 is 0. The molecule has 0 aliphatic carbocycles. The Morgan fingerprint density at radius 3 is 3.15 bits per heavy atom. The minimum Gasteiger partial charge on any atom is -0.464 e. The van der Waals surface area contributed by atoms with Gasteiger partial charge in [0.05, 0.1) is 6.61 Å². The highest BCUT2D eigenvalue weighted by atomic mass is 16.5. The zero-order valence-corrected chi connectivity index (χ0v) is 7.58. The first-order valence-corrected chi connectivity index (χ1v) is 4.31. The summed E-state index contributed by atoms with van der Waals surface area (Å²) in [7, 11) is 0. The summed E-state index contributed by atoms with van der Waals surface area (Å²) in [5, 5.41) is 3.02. The van der Waals surface area contributed by atoms with Crippen molar-refractivity contribution in [1.82, 2.24) is 10.2 Å². The largest absolute Gasteiger partial charge is 0.464 e. The van der Waals surface area contributed by atoms with Gasteiger partial charge in [0.2, 0.25) is 0 Å². The van der Waals surface area contributed by atoms with Gasteiger partial charge in [-0.1, -0.05) is 0 Å². The zero-order valence-electron chi connectivity index (χ0n) is 7.58. The zero-order chi connectivity index (χ0) is 9.68. The van der Waals surface area contributed by atoms with Gasteiger partial charge in [0.25, 0.3) is 0 Å². The molecule has 0 bridgehead atoms. The van der Waals surface area contributed by atoms with Crippen LogP contribution in [0.4, 0.5) is 0 Å². The maximum atomic E-state index is 11.3. The Balaban J connectivity index is 2.53. The molecule has 1 N–H and O–H groups in total. The highest BCUT2D eigenvalue weighted by Gasteiger charge is 2.28. The lowest BCUT2D eigenvalue weighted by molar-refractivity contribution is -0.148. The Labute approximate surface area is 77.0 Å². The Bertz CT molecular complexity index is 196. The van der Waals surface area contributed by atoms with Crippen LogP contribution in [-0.4, -0.2) is 49.6 Å². The number of ether oxygens (including phenoxy) is 1. The molecule has 1 aliphatic heterocycles. The number of hydrogen-bond donors (Lipinski definition) is 1. The van der Waals surface area contributed by atoms with Crippen LogP contribution in [0.15, 0.2) is 0 Å². The predicted octanol–water partition coefficient (Wildman–Crippen LogP) is -1.11. The van der Waals surface area contributed by atoms with E-state index in [1.54, 1.807) is 13.3 Å². The van der Waals surface area contributed by atoms with Crippen molar-refractivity contribution in [2.75, 3.05) is 26.2 Å². The Morgan fingerprint density at radius 1 is 1.77 bits per heavy atom. The van der Waals surface area contributed by atoms with Crippen molar-refractivity contribution in [2.24, 2.45) is 0 Å². The van der Waals surface area contributed by atoms with Crippen LogP contribution in [0.25, 0.3) is 0 Å². The predicted molar refractivity (Wildman–Crippen MR) is 45.7 cm³/mol. The quantitative estimate of drug-likeness (QED) is 0.566. The van der Waals surface area contributed by atoms with E-state index in [2.05, 4.69) is 5.32 Å². The second-order valence-corrected chi connectivity index (χ2v) is 2.76. The van der Waals surface area contributed by atoms with E-state index in [1.807, 2.05) is 0 Å². The summed E-state index contributed by atoms with van der Waals surface area (Å²) in [6.07, 6.45) is 1.74. The molecule has 0 aromatic carbocycles. The van der Waals surface area contributed by atoms with Gasteiger partial charge in [0.1, 0.15) is 6.04 Å². The van der Waals surface area contributed by atoms with Gasteiger partial charge in [-0.15, -0.1) is 0 Å². The Hall–Kier alpha value is -1.10. The van der Waals surface area contributed by atoms with E-state index in [1.165, 1.54) is 4.90 Å². The van der Waals surface area contributed by atoms with Crippen molar-refractivity contribution < 1.29 is 14.3 Å². The molecule has 0 spiro atoms. The summed E-state index contributed by atoms with van der Waals surface area (Å²) in [6, 6.07) is -0.508. The second kappa shape index (κ2) is 4.81. The normalized spacial score (nSPS) is 22.5. The third-order valence-electron chi connectivity index (χ3n) is 1.92. The monoisotopic (exact) mass is 185 g/mol. The molecule has 0 aromatic rings. The minimum atomic E-state index is -0.508.